The van der Waals surface area contributed by atoms with Crippen molar-refractivity contribution in [2.24, 2.45) is 0 Å². The van der Waals surface area contributed by atoms with Crippen LogP contribution in [0.25, 0.3) is 0 Å². The number of carbonyl (C=O) groups is 2. The van der Waals surface area contributed by atoms with E-state index in [2.05, 4.69) is 0 Å². The summed E-state index contributed by atoms with van der Waals surface area (Å²) in [6.07, 6.45) is -5.50. The van der Waals surface area contributed by atoms with Crippen LogP contribution in [0.1, 0.15) is 26.3 Å². The number of carboxylic acid groups (broad SMARTS) is 2. The van der Waals surface area contributed by atoms with Crippen molar-refractivity contribution in [1.29, 1.82) is 0 Å². The van der Waals surface area contributed by atoms with Crippen LogP contribution in [-0.2, 0) is 16.3 Å². The first-order chi connectivity index (χ1) is 8.87. The summed E-state index contributed by atoms with van der Waals surface area (Å²) < 4.78 is 68.9. The molecule has 0 heterocycles. The second-order valence-electron chi connectivity index (χ2n) is 3.44. The van der Waals surface area contributed by atoms with Gasteiger partial charge in [-0.2, -0.15) is 21.6 Å². The van der Waals surface area contributed by atoms with E-state index in [0.29, 0.717) is 6.07 Å². The van der Waals surface area contributed by atoms with Crippen molar-refractivity contribution in [3.63, 3.8) is 0 Å². The Morgan fingerprint density at radius 2 is 1.55 bits per heavy atom. The Balaban J connectivity index is 4.02. The fourth-order valence-corrected chi connectivity index (χ4v) is 2.20. The van der Waals surface area contributed by atoms with Gasteiger partial charge in [0, 0.05) is 0 Å². The molecule has 1 aromatic carbocycles. The molecule has 0 unspecified atom stereocenters. The van der Waals surface area contributed by atoms with Crippen LogP contribution in [0.15, 0.2) is 17.0 Å². The zero-order chi connectivity index (χ0) is 15.9. The number of hydrogen-bond acceptors (Lipinski definition) is 4. The fourth-order valence-electron chi connectivity index (χ4n) is 1.48. The predicted octanol–water partition coefficient (Wildman–Crippen LogP) is 1.35. The lowest BCUT2D eigenvalue weighted by Crippen LogP contribution is -2.21. The molecule has 110 valence electrons. The summed E-state index contributed by atoms with van der Waals surface area (Å²) in [4.78, 5) is 19.8. The van der Waals surface area contributed by atoms with Gasteiger partial charge < -0.3 is 10.2 Å². The molecule has 0 fully saturated rings. The maximum Gasteiger partial charge on any atom is 0.418 e. The topological polar surface area (TPSA) is 129 Å². The molecule has 0 radical (unpaired) electrons. The molecular weight excluding hydrogens is 309 g/mol. The van der Waals surface area contributed by atoms with Crippen molar-refractivity contribution in [3.8, 4) is 0 Å². The second kappa shape index (κ2) is 4.76. The van der Waals surface area contributed by atoms with Gasteiger partial charge in [-0.3, -0.25) is 4.55 Å². The first-order valence-electron chi connectivity index (χ1n) is 4.55. The zero-order valence-corrected chi connectivity index (χ0v) is 9.99. The highest BCUT2D eigenvalue weighted by Crippen LogP contribution is 2.38. The molecule has 0 aliphatic heterocycles. The molecule has 1 aromatic rings. The van der Waals surface area contributed by atoms with E-state index in [9.17, 15) is 31.2 Å². The van der Waals surface area contributed by atoms with Gasteiger partial charge >= 0.3 is 18.1 Å². The number of carboxylic acids is 2. The van der Waals surface area contributed by atoms with Crippen LogP contribution >= 0.6 is 0 Å². The molecule has 0 aliphatic rings. The number of halogens is 3. The Morgan fingerprint density at radius 3 is 1.85 bits per heavy atom. The lowest BCUT2D eigenvalue weighted by atomic mass is 10.0. The first kappa shape index (κ1) is 15.9. The lowest BCUT2D eigenvalue weighted by Gasteiger charge is -2.15. The minimum atomic E-state index is -5.50. The van der Waals surface area contributed by atoms with Gasteiger partial charge in [0.1, 0.15) is 4.90 Å². The van der Waals surface area contributed by atoms with Crippen LogP contribution in [0.2, 0.25) is 0 Å². The predicted molar refractivity (Wildman–Crippen MR) is 55.2 cm³/mol. The van der Waals surface area contributed by atoms with Crippen molar-refractivity contribution in [3.05, 3.63) is 28.8 Å². The van der Waals surface area contributed by atoms with Gasteiger partial charge in [-0.15, -0.1) is 0 Å². The number of aromatic carboxylic acids is 2. The van der Waals surface area contributed by atoms with Crippen LogP contribution in [0, 0.1) is 0 Å². The molecule has 11 heteroatoms. The van der Waals surface area contributed by atoms with Crippen LogP contribution in [-0.4, -0.2) is 35.1 Å². The highest BCUT2D eigenvalue weighted by molar-refractivity contribution is 7.85. The van der Waals surface area contributed by atoms with E-state index in [1.165, 1.54) is 0 Å². The Hall–Kier alpha value is -2.14. The Labute approximate surface area is 109 Å². The standard InChI is InChI=1S/C9H5F3O7S/c10-9(11,12)6-4(20(17,18)19)2-1-3(7(13)14)5(6)8(15)16/h1-2H,(H,13,14)(H,15,16)(H,17,18,19). The Morgan fingerprint density at radius 1 is 1.05 bits per heavy atom. The van der Waals surface area contributed by atoms with E-state index in [1.807, 2.05) is 0 Å². The first-order valence-corrected chi connectivity index (χ1v) is 5.99. The minimum absolute atomic E-state index is 0.175. The summed E-state index contributed by atoms with van der Waals surface area (Å²) in [5.41, 5.74) is -5.26. The van der Waals surface area contributed by atoms with Gasteiger partial charge in [0.05, 0.1) is 16.7 Å². The van der Waals surface area contributed by atoms with Gasteiger partial charge in [-0.05, 0) is 12.1 Å². The third kappa shape index (κ3) is 2.88. The molecule has 1 rings (SSSR count). The summed E-state index contributed by atoms with van der Waals surface area (Å²) in [5, 5.41) is 17.4. The average molecular weight is 314 g/mol. The minimum Gasteiger partial charge on any atom is -0.478 e. The zero-order valence-electron chi connectivity index (χ0n) is 9.17. The fraction of sp³-hybridized carbons (Fsp3) is 0.111. The summed E-state index contributed by atoms with van der Waals surface area (Å²) >= 11 is 0. The third-order valence-corrected chi connectivity index (χ3v) is 3.07. The second-order valence-corrected chi connectivity index (χ2v) is 4.83. The largest absolute Gasteiger partial charge is 0.478 e. The van der Waals surface area contributed by atoms with E-state index >= 15 is 0 Å². The van der Waals surface area contributed by atoms with E-state index in [-0.39, 0.29) is 6.07 Å². The normalized spacial score (nSPS) is 12.2. The van der Waals surface area contributed by atoms with E-state index in [1.54, 1.807) is 0 Å². The van der Waals surface area contributed by atoms with Crippen LogP contribution in [0.3, 0.4) is 0 Å². The van der Waals surface area contributed by atoms with Crippen molar-refractivity contribution < 1.29 is 45.9 Å². The van der Waals surface area contributed by atoms with E-state index in [0.717, 1.165) is 0 Å². The maximum atomic E-state index is 12.8. The van der Waals surface area contributed by atoms with Gasteiger partial charge in [0.2, 0.25) is 0 Å². The molecule has 0 aromatic heterocycles. The molecule has 0 aliphatic carbocycles. The van der Waals surface area contributed by atoms with Crippen molar-refractivity contribution in [2.75, 3.05) is 0 Å². The lowest BCUT2D eigenvalue weighted by molar-refractivity contribution is -0.140. The molecule has 0 saturated heterocycles. The van der Waals surface area contributed by atoms with Gasteiger partial charge in [0.25, 0.3) is 10.1 Å². The van der Waals surface area contributed by atoms with E-state index in [4.69, 9.17) is 14.8 Å². The SMILES string of the molecule is O=C(O)c1ccc(S(=O)(=O)O)c(C(F)(F)F)c1C(=O)O. The molecule has 3 N–H and O–H groups in total. The quantitative estimate of drug-likeness (QED) is 0.718. The number of benzene rings is 1. The summed E-state index contributed by atoms with van der Waals surface area (Å²) in [7, 11) is -5.39. The van der Waals surface area contributed by atoms with Crippen molar-refractivity contribution in [1.82, 2.24) is 0 Å². The monoisotopic (exact) mass is 314 g/mol. The van der Waals surface area contributed by atoms with Gasteiger partial charge in [0.15, 0.2) is 0 Å². The molecule has 20 heavy (non-hydrogen) atoms. The number of hydrogen-bond donors (Lipinski definition) is 3. The number of rotatable bonds is 3. The van der Waals surface area contributed by atoms with Gasteiger partial charge in [-0.1, -0.05) is 0 Å². The van der Waals surface area contributed by atoms with Crippen LogP contribution < -0.4 is 0 Å². The average Bonchev–Trinajstić information content (AvgIpc) is 2.24. The Bertz CT molecular complexity index is 690. The smallest absolute Gasteiger partial charge is 0.418 e. The Kier molecular flexibility index (Phi) is 3.79. The maximum absolute atomic E-state index is 12.8. The van der Waals surface area contributed by atoms with Gasteiger partial charge in [-0.25, -0.2) is 9.59 Å². The molecule has 0 atom stereocenters. The highest BCUT2D eigenvalue weighted by Gasteiger charge is 2.43. The molecule has 0 bridgehead atoms. The number of alkyl halides is 3. The summed E-state index contributed by atoms with van der Waals surface area (Å²) in [5.74, 6) is -4.28. The molecule has 0 amide bonds. The summed E-state index contributed by atoms with van der Waals surface area (Å²) in [6, 6.07) is 0.526. The third-order valence-electron chi connectivity index (χ3n) is 2.17. The molecule has 0 spiro atoms. The van der Waals surface area contributed by atoms with Crippen LogP contribution in [0.5, 0.6) is 0 Å². The van der Waals surface area contributed by atoms with Crippen molar-refractivity contribution in [2.45, 2.75) is 11.1 Å². The molecule has 7 nitrogen and oxygen atoms in total. The van der Waals surface area contributed by atoms with Crippen molar-refractivity contribution >= 4 is 22.1 Å². The molecule has 0 saturated carbocycles. The van der Waals surface area contributed by atoms with Crippen LogP contribution in [0.4, 0.5) is 13.2 Å². The van der Waals surface area contributed by atoms with E-state index < -0.39 is 49.8 Å². The highest BCUT2D eigenvalue weighted by atomic mass is 32.2. The summed E-state index contributed by atoms with van der Waals surface area (Å²) in [6.45, 7) is 0. The molecular formula is C9H5F3O7S.